The number of aromatic nitrogens is 2. The second-order valence-corrected chi connectivity index (χ2v) is 6.77. The Morgan fingerprint density at radius 2 is 1.73 bits per heavy atom. The van der Waals surface area contributed by atoms with Gasteiger partial charge in [0.05, 0.1) is 17.8 Å². The van der Waals surface area contributed by atoms with E-state index in [-0.39, 0.29) is 11.8 Å². The van der Waals surface area contributed by atoms with E-state index in [2.05, 4.69) is 29.5 Å². The van der Waals surface area contributed by atoms with Crippen LogP contribution in [0.3, 0.4) is 0 Å². The van der Waals surface area contributed by atoms with Gasteiger partial charge in [-0.05, 0) is 24.0 Å². The molecule has 4 nitrogen and oxygen atoms in total. The molecule has 0 unspecified atom stereocenters. The number of hydrogen-bond acceptors (Lipinski definition) is 2. The zero-order valence-corrected chi connectivity index (χ0v) is 15.7. The highest BCUT2D eigenvalue weighted by Gasteiger charge is 2.20. The second kappa shape index (κ2) is 8.19. The molecule has 26 heavy (non-hydrogen) atoms. The van der Waals surface area contributed by atoms with Gasteiger partial charge in [-0.3, -0.25) is 4.79 Å². The Morgan fingerprint density at radius 3 is 2.38 bits per heavy atom. The summed E-state index contributed by atoms with van der Waals surface area (Å²) in [5, 5.41) is 7.79. The molecular weight excluding hydrogens is 346 g/mol. The highest BCUT2D eigenvalue weighted by molar-refractivity contribution is 6.33. The van der Waals surface area contributed by atoms with Gasteiger partial charge in [0.25, 0.3) is 5.91 Å². The van der Waals surface area contributed by atoms with Crippen molar-refractivity contribution in [3.8, 4) is 0 Å². The van der Waals surface area contributed by atoms with Crippen LogP contribution in [0.1, 0.15) is 40.0 Å². The molecule has 2 aromatic carbocycles. The average molecular weight is 368 g/mol. The lowest BCUT2D eigenvalue weighted by molar-refractivity contribution is 0.0951. The lowest BCUT2D eigenvalue weighted by atomic mass is 10.0. The molecule has 3 aromatic rings. The SMILES string of the molecule is Cc1nn(Cc2ccccc2)c(Cl)c1C(=O)NC[C@H](C)c1ccccc1. The van der Waals surface area contributed by atoms with Crippen molar-refractivity contribution in [3.05, 3.63) is 88.2 Å². The first kappa shape index (κ1) is 18.2. The minimum atomic E-state index is -0.186. The maximum absolute atomic E-state index is 12.6. The minimum absolute atomic E-state index is 0.186. The lowest BCUT2D eigenvalue weighted by Gasteiger charge is -2.13. The normalized spacial score (nSPS) is 12.0. The predicted octanol–water partition coefficient (Wildman–Crippen LogP) is 4.43. The Bertz CT molecular complexity index is 875. The van der Waals surface area contributed by atoms with Crippen LogP contribution >= 0.6 is 11.6 Å². The molecule has 0 aliphatic carbocycles. The van der Waals surface area contributed by atoms with Gasteiger partial charge in [-0.2, -0.15) is 5.10 Å². The minimum Gasteiger partial charge on any atom is -0.351 e. The van der Waals surface area contributed by atoms with E-state index in [1.165, 1.54) is 5.56 Å². The molecule has 1 N–H and O–H groups in total. The molecule has 0 aliphatic heterocycles. The number of carbonyl (C=O) groups excluding carboxylic acids is 1. The van der Waals surface area contributed by atoms with E-state index in [0.29, 0.717) is 29.5 Å². The van der Waals surface area contributed by atoms with Crippen molar-refractivity contribution in [2.45, 2.75) is 26.3 Å². The number of benzene rings is 2. The molecule has 0 spiro atoms. The van der Waals surface area contributed by atoms with E-state index < -0.39 is 0 Å². The fourth-order valence-electron chi connectivity index (χ4n) is 2.91. The average Bonchev–Trinajstić information content (AvgIpc) is 2.94. The van der Waals surface area contributed by atoms with Crippen molar-refractivity contribution < 1.29 is 4.79 Å². The molecule has 1 atom stereocenters. The first-order valence-corrected chi connectivity index (χ1v) is 9.04. The van der Waals surface area contributed by atoms with Crippen LogP contribution in [0.25, 0.3) is 0 Å². The van der Waals surface area contributed by atoms with Crippen LogP contribution in [-0.2, 0) is 6.54 Å². The van der Waals surface area contributed by atoms with E-state index >= 15 is 0 Å². The van der Waals surface area contributed by atoms with Crippen molar-refractivity contribution in [2.75, 3.05) is 6.54 Å². The van der Waals surface area contributed by atoms with Gasteiger partial charge in [0.15, 0.2) is 0 Å². The summed E-state index contributed by atoms with van der Waals surface area (Å²) in [6.45, 7) is 4.97. The number of halogens is 1. The number of hydrogen-bond donors (Lipinski definition) is 1. The van der Waals surface area contributed by atoms with Crippen LogP contribution in [0.15, 0.2) is 60.7 Å². The summed E-state index contributed by atoms with van der Waals surface area (Å²) in [7, 11) is 0. The number of carbonyl (C=O) groups is 1. The van der Waals surface area contributed by atoms with Crippen molar-refractivity contribution in [2.24, 2.45) is 0 Å². The van der Waals surface area contributed by atoms with E-state index in [1.54, 1.807) is 4.68 Å². The van der Waals surface area contributed by atoms with Gasteiger partial charge in [0.1, 0.15) is 5.15 Å². The first-order chi connectivity index (χ1) is 12.6. The molecule has 0 saturated carbocycles. The summed E-state index contributed by atoms with van der Waals surface area (Å²) in [6.07, 6.45) is 0. The summed E-state index contributed by atoms with van der Waals surface area (Å²) in [5.41, 5.74) is 3.36. The zero-order chi connectivity index (χ0) is 18.5. The van der Waals surface area contributed by atoms with Crippen molar-refractivity contribution >= 4 is 17.5 Å². The topological polar surface area (TPSA) is 46.9 Å². The number of aryl methyl sites for hydroxylation is 1. The van der Waals surface area contributed by atoms with Crippen LogP contribution in [-0.4, -0.2) is 22.2 Å². The third-order valence-corrected chi connectivity index (χ3v) is 4.79. The van der Waals surface area contributed by atoms with Crippen LogP contribution < -0.4 is 5.32 Å². The largest absolute Gasteiger partial charge is 0.351 e. The van der Waals surface area contributed by atoms with E-state index in [1.807, 2.05) is 55.5 Å². The summed E-state index contributed by atoms with van der Waals surface area (Å²) in [5.74, 6) is 0.0354. The Hall–Kier alpha value is -2.59. The number of nitrogens with zero attached hydrogens (tertiary/aromatic N) is 2. The van der Waals surface area contributed by atoms with Gasteiger partial charge in [0.2, 0.25) is 0 Å². The third kappa shape index (κ3) is 4.14. The molecule has 0 fully saturated rings. The van der Waals surface area contributed by atoms with E-state index in [9.17, 15) is 4.79 Å². The van der Waals surface area contributed by atoms with E-state index in [0.717, 1.165) is 5.56 Å². The fraction of sp³-hybridized carbons (Fsp3) is 0.238. The Morgan fingerprint density at radius 1 is 1.12 bits per heavy atom. The summed E-state index contributed by atoms with van der Waals surface area (Å²) in [6, 6.07) is 20.0. The molecule has 134 valence electrons. The smallest absolute Gasteiger partial charge is 0.256 e. The highest BCUT2D eigenvalue weighted by Crippen LogP contribution is 2.21. The summed E-state index contributed by atoms with van der Waals surface area (Å²) >= 11 is 6.45. The van der Waals surface area contributed by atoms with Gasteiger partial charge in [-0.15, -0.1) is 0 Å². The molecule has 0 saturated heterocycles. The number of amides is 1. The number of rotatable bonds is 6. The second-order valence-electron chi connectivity index (χ2n) is 6.42. The van der Waals surface area contributed by atoms with Gasteiger partial charge in [0, 0.05) is 6.54 Å². The third-order valence-electron chi connectivity index (χ3n) is 4.41. The van der Waals surface area contributed by atoms with Crippen LogP contribution in [0.2, 0.25) is 5.15 Å². The molecule has 3 rings (SSSR count). The maximum atomic E-state index is 12.6. The van der Waals surface area contributed by atoms with Crippen molar-refractivity contribution in [1.29, 1.82) is 0 Å². The lowest BCUT2D eigenvalue weighted by Crippen LogP contribution is -2.28. The zero-order valence-electron chi connectivity index (χ0n) is 14.9. The molecule has 0 bridgehead atoms. The molecule has 1 aromatic heterocycles. The van der Waals surface area contributed by atoms with Gasteiger partial charge in [-0.1, -0.05) is 79.2 Å². The van der Waals surface area contributed by atoms with Crippen LogP contribution in [0.4, 0.5) is 0 Å². The highest BCUT2D eigenvalue weighted by atomic mass is 35.5. The predicted molar refractivity (Wildman–Crippen MR) is 105 cm³/mol. The van der Waals surface area contributed by atoms with Crippen LogP contribution in [0.5, 0.6) is 0 Å². The van der Waals surface area contributed by atoms with Crippen LogP contribution in [0, 0.1) is 6.92 Å². The Balaban J connectivity index is 1.69. The molecule has 0 radical (unpaired) electrons. The number of nitrogens with one attached hydrogen (secondary N) is 1. The molecule has 0 aliphatic rings. The van der Waals surface area contributed by atoms with Gasteiger partial charge < -0.3 is 5.32 Å². The maximum Gasteiger partial charge on any atom is 0.256 e. The molecule has 1 heterocycles. The summed E-state index contributed by atoms with van der Waals surface area (Å²) in [4.78, 5) is 12.6. The fourth-order valence-corrected chi connectivity index (χ4v) is 3.23. The Labute approximate surface area is 158 Å². The summed E-state index contributed by atoms with van der Waals surface area (Å²) < 4.78 is 1.67. The first-order valence-electron chi connectivity index (χ1n) is 8.66. The quantitative estimate of drug-likeness (QED) is 0.700. The van der Waals surface area contributed by atoms with Gasteiger partial charge in [-0.25, -0.2) is 4.68 Å². The van der Waals surface area contributed by atoms with Crippen molar-refractivity contribution in [1.82, 2.24) is 15.1 Å². The Kier molecular flexibility index (Phi) is 5.74. The molecule has 5 heteroatoms. The van der Waals surface area contributed by atoms with E-state index in [4.69, 9.17) is 11.6 Å². The molecular formula is C21H22ClN3O. The standard InChI is InChI=1S/C21H22ClN3O/c1-15(18-11-7-4-8-12-18)13-23-21(26)19-16(2)24-25(20(19)22)14-17-9-5-3-6-10-17/h3-12,15H,13-14H2,1-2H3,(H,23,26)/t15-/m0/s1. The monoisotopic (exact) mass is 367 g/mol. The van der Waals surface area contributed by atoms with Gasteiger partial charge >= 0.3 is 0 Å². The molecule has 1 amide bonds. The van der Waals surface area contributed by atoms with Crippen molar-refractivity contribution in [3.63, 3.8) is 0 Å².